The lowest BCUT2D eigenvalue weighted by Gasteiger charge is -2.22. The highest BCUT2D eigenvalue weighted by atomic mass is 32.2. The molecular weight excluding hydrogens is 294 g/mol. The van der Waals surface area contributed by atoms with E-state index in [1.165, 1.54) is 17.3 Å². The first-order valence-electron chi connectivity index (χ1n) is 6.78. The molecule has 2 rings (SSSR count). The van der Waals surface area contributed by atoms with Crippen LogP contribution in [-0.2, 0) is 6.54 Å². The van der Waals surface area contributed by atoms with Crippen molar-refractivity contribution >= 4 is 23.8 Å². The molecule has 21 heavy (non-hydrogen) atoms. The van der Waals surface area contributed by atoms with Gasteiger partial charge in [0.2, 0.25) is 0 Å². The fourth-order valence-corrected chi connectivity index (χ4v) is 3.34. The lowest BCUT2D eigenvalue weighted by Crippen LogP contribution is -2.43. The molecule has 1 atom stereocenters. The molecule has 0 aliphatic carbocycles. The Labute approximate surface area is 126 Å². The van der Waals surface area contributed by atoms with Gasteiger partial charge in [-0.1, -0.05) is 5.21 Å². The van der Waals surface area contributed by atoms with Crippen LogP contribution in [0.5, 0.6) is 0 Å². The molecule has 0 spiro atoms. The number of carbonyl (C=O) groups is 2. The van der Waals surface area contributed by atoms with Crippen LogP contribution in [0.15, 0.2) is 6.20 Å². The van der Waals surface area contributed by atoms with Crippen LogP contribution in [0, 0.1) is 0 Å². The molecule has 0 aromatic carbocycles. The van der Waals surface area contributed by atoms with Crippen LogP contribution in [-0.4, -0.2) is 55.7 Å². The Kier molecular flexibility index (Phi) is 5.05. The Hall–Kier alpha value is -1.77. The molecule has 0 radical (unpaired) electrons. The van der Waals surface area contributed by atoms with Crippen LogP contribution in [0.4, 0.5) is 4.79 Å². The normalized spacial score (nSPS) is 21.2. The molecule has 1 saturated heterocycles. The molecular formula is C12H19N5O3S. The van der Waals surface area contributed by atoms with E-state index in [0.717, 1.165) is 12.2 Å². The summed E-state index contributed by atoms with van der Waals surface area (Å²) in [5.41, 5.74) is -0.106. The second kappa shape index (κ2) is 6.79. The Bertz CT molecular complexity index is 513. The van der Waals surface area contributed by atoms with Crippen molar-refractivity contribution in [3.63, 3.8) is 0 Å². The second-order valence-corrected chi connectivity index (χ2v) is 6.87. The Balaban J connectivity index is 1.65. The van der Waals surface area contributed by atoms with E-state index in [-0.39, 0.29) is 16.5 Å². The summed E-state index contributed by atoms with van der Waals surface area (Å²) in [5.74, 6) is 0.0344. The molecule has 2 heterocycles. The van der Waals surface area contributed by atoms with Gasteiger partial charge in [-0.05, 0) is 25.5 Å². The third-order valence-corrected chi connectivity index (χ3v) is 4.85. The molecule has 2 amide bonds. The number of nitrogens with zero attached hydrogens (tertiary/aromatic N) is 3. The summed E-state index contributed by atoms with van der Waals surface area (Å²) in [7, 11) is 0. The Morgan fingerprint density at radius 1 is 1.52 bits per heavy atom. The number of nitrogens with one attached hydrogen (secondary N) is 2. The molecule has 0 bridgehead atoms. The fraction of sp³-hybridized carbons (Fsp3) is 0.667. The smallest absolute Gasteiger partial charge is 0.358 e. The maximum absolute atomic E-state index is 11.7. The van der Waals surface area contributed by atoms with Crippen LogP contribution in [0.3, 0.4) is 0 Å². The van der Waals surface area contributed by atoms with Gasteiger partial charge in [0.25, 0.3) is 0 Å². The van der Waals surface area contributed by atoms with Gasteiger partial charge in [0.15, 0.2) is 5.69 Å². The molecule has 1 aliphatic heterocycles. The third kappa shape index (κ3) is 4.62. The second-order valence-electron chi connectivity index (χ2n) is 5.18. The minimum absolute atomic E-state index is 0.106. The summed E-state index contributed by atoms with van der Waals surface area (Å²) >= 11 is 1.89. The molecule has 1 fully saturated rings. The van der Waals surface area contributed by atoms with Crippen molar-refractivity contribution in [3.05, 3.63) is 11.9 Å². The van der Waals surface area contributed by atoms with Crippen molar-refractivity contribution in [2.24, 2.45) is 0 Å². The van der Waals surface area contributed by atoms with Crippen molar-refractivity contribution in [2.75, 3.05) is 18.8 Å². The van der Waals surface area contributed by atoms with Gasteiger partial charge in [-0.15, -0.1) is 5.10 Å². The first kappa shape index (κ1) is 15.6. The average molecular weight is 313 g/mol. The van der Waals surface area contributed by atoms with Crippen molar-refractivity contribution in [2.45, 2.75) is 31.1 Å². The highest BCUT2D eigenvalue weighted by molar-refractivity contribution is 8.00. The maximum atomic E-state index is 11.7. The van der Waals surface area contributed by atoms with Crippen LogP contribution in [0.25, 0.3) is 0 Å². The van der Waals surface area contributed by atoms with E-state index in [9.17, 15) is 9.59 Å². The number of carboxylic acid groups (broad SMARTS) is 1. The van der Waals surface area contributed by atoms with Gasteiger partial charge < -0.3 is 15.7 Å². The van der Waals surface area contributed by atoms with Gasteiger partial charge >= 0.3 is 12.0 Å². The van der Waals surface area contributed by atoms with Gasteiger partial charge in [-0.25, -0.2) is 14.3 Å². The molecule has 9 heteroatoms. The summed E-state index contributed by atoms with van der Waals surface area (Å²) in [6.45, 7) is 3.54. The van der Waals surface area contributed by atoms with E-state index in [1.807, 2.05) is 11.8 Å². The zero-order valence-corrected chi connectivity index (χ0v) is 12.7. The SMILES string of the molecule is CC1(CNC(=O)NCCn2cc(C(=O)O)nn2)CCCS1. The first-order valence-corrected chi connectivity index (χ1v) is 7.76. The fourth-order valence-electron chi connectivity index (χ4n) is 2.10. The first-order chi connectivity index (χ1) is 9.98. The zero-order valence-electron chi connectivity index (χ0n) is 11.8. The Morgan fingerprint density at radius 2 is 2.33 bits per heavy atom. The predicted octanol–water partition coefficient (Wildman–Crippen LogP) is 0.561. The van der Waals surface area contributed by atoms with Crippen molar-refractivity contribution in [1.82, 2.24) is 25.6 Å². The monoisotopic (exact) mass is 313 g/mol. The predicted molar refractivity (Wildman–Crippen MR) is 78.5 cm³/mol. The summed E-state index contributed by atoms with van der Waals surface area (Å²) < 4.78 is 1.53. The molecule has 1 unspecified atom stereocenters. The molecule has 1 aromatic heterocycles. The number of hydrogen-bond donors (Lipinski definition) is 3. The summed E-state index contributed by atoms with van der Waals surface area (Å²) in [5, 5.41) is 21.5. The van der Waals surface area contributed by atoms with E-state index in [0.29, 0.717) is 19.6 Å². The largest absolute Gasteiger partial charge is 0.476 e. The number of aromatic carboxylic acids is 1. The number of thioether (sulfide) groups is 1. The van der Waals surface area contributed by atoms with Crippen LogP contribution < -0.4 is 10.6 Å². The lowest BCUT2D eigenvalue weighted by molar-refractivity contribution is 0.0690. The van der Waals surface area contributed by atoms with Crippen molar-refractivity contribution < 1.29 is 14.7 Å². The van der Waals surface area contributed by atoms with Gasteiger partial charge in [-0.2, -0.15) is 11.8 Å². The van der Waals surface area contributed by atoms with Crippen molar-refractivity contribution in [1.29, 1.82) is 0 Å². The van der Waals surface area contributed by atoms with Gasteiger partial charge in [0.1, 0.15) is 0 Å². The number of carboxylic acids is 1. The van der Waals surface area contributed by atoms with Gasteiger partial charge in [0, 0.05) is 17.8 Å². The minimum Gasteiger partial charge on any atom is -0.476 e. The zero-order chi connectivity index (χ0) is 15.3. The topological polar surface area (TPSA) is 109 Å². The highest BCUT2D eigenvalue weighted by Crippen LogP contribution is 2.36. The average Bonchev–Trinajstić information content (AvgIpc) is 3.06. The highest BCUT2D eigenvalue weighted by Gasteiger charge is 2.29. The van der Waals surface area contributed by atoms with Crippen LogP contribution in [0.1, 0.15) is 30.3 Å². The van der Waals surface area contributed by atoms with E-state index in [2.05, 4.69) is 27.9 Å². The standard InChI is InChI=1S/C12H19N5O3S/c1-12(3-2-6-21-12)8-14-11(20)13-4-5-17-7-9(10(18)19)15-16-17/h7H,2-6,8H2,1H3,(H,18,19)(H2,13,14,20). The summed E-state index contributed by atoms with van der Waals surface area (Å²) in [6, 6.07) is -0.220. The third-order valence-electron chi connectivity index (χ3n) is 3.31. The number of aromatic nitrogens is 3. The van der Waals surface area contributed by atoms with Crippen LogP contribution >= 0.6 is 11.8 Å². The lowest BCUT2D eigenvalue weighted by atomic mass is 10.1. The number of carbonyl (C=O) groups excluding carboxylic acids is 1. The molecule has 3 N–H and O–H groups in total. The minimum atomic E-state index is -1.12. The van der Waals surface area contributed by atoms with E-state index < -0.39 is 5.97 Å². The summed E-state index contributed by atoms with van der Waals surface area (Å²) in [4.78, 5) is 22.3. The van der Waals surface area contributed by atoms with E-state index >= 15 is 0 Å². The van der Waals surface area contributed by atoms with Crippen molar-refractivity contribution in [3.8, 4) is 0 Å². The number of urea groups is 1. The number of amides is 2. The molecule has 0 saturated carbocycles. The molecule has 1 aromatic rings. The number of rotatable bonds is 6. The van der Waals surface area contributed by atoms with Crippen LogP contribution in [0.2, 0.25) is 0 Å². The molecule has 8 nitrogen and oxygen atoms in total. The number of hydrogen-bond acceptors (Lipinski definition) is 5. The summed E-state index contributed by atoms with van der Waals surface area (Å²) in [6.07, 6.45) is 3.65. The maximum Gasteiger partial charge on any atom is 0.358 e. The quantitative estimate of drug-likeness (QED) is 0.708. The van der Waals surface area contributed by atoms with Gasteiger partial charge in [-0.3, -0.25) is 0 Å². The molecule has 116 valence electrons. The van der Waals surface area contributed by atoms with E-state index in [4.69, 9.17) is 5.11 Å². The van der Waals surface area contributed by atoms with Gasteiger partial charge in [0.05, 0.1) is 12.7 Å². The van der Waals surface area contributed by atoms with E-state index in [1.54, 1.807) is 0 Å². The Morgan fingerprint density at radius 3 is 2.95 bits per heavy atom. The molecule has 1 aliphatic rings.